The third-order valence-electron chi connectivity index (χ3n) is 5.64. The Morgan fingerprint density at radius 3 is 2.62 bits per heavy atom. The molecule has 4 aromatic rings. The van der Waals surface area contributed by atoms with Crippen molar-refractivity contribution in [1.82, 2.24) is 0 Å². The Hall–Kier alpha value is -4.04. The molecule has 1 aliphatic heterocycles. The van der Waals surface area contributed by atoms with Gasteiger partial charge in [-0.15, -0.1) is 11.3 Å². The number of ether oxygens (including phenoxy) is 2. The van der Waals surface area contributed by atoms with Crippen LogP contribution in [-0.2, 0) is 4.79 Å². The molecule has 2 aromatic heterocycles. The van der Waals surface area contributed by atoms with Crippen LogP contribution >= 0.6 is 11.3 Å². The van der Waals surface area contributed by atoms with Gasteiger partial charge in [-0.2, -0.15) is 0 Å². The van der Waals surface area contributed by atoms with Crippen LogP contribution in [0.5, 0.6) is 11.5 Å². The zero-order chi connectivity index (χ0) is 23.8. The van der Waals surface area contributed by atoms with Crippen LogP contribution in [0.4, 0.5) is 5.69 Å². The summed E-state index contributed by atoms with van der Waals surface area (Å²) in [5, 5.41) is 13.4. The molecule has 7 nitrogen and oxygen atoms in total. The summed E-state index contributed by atoms with van der Waals surface area (Å²) in [6.45, 7) is 2.40. The van der Waals surface area contributed by atoms with Crippen LogP contribution in [0.3, 0.4) is 0 Å². The minimum Gasteiger partial charge on any atom is -0.503 e. The topological polar surface area (TPSA) is 89.2 Å². The monoisotopic (exact) mass is 475 g/mol. The molecule has 0 radical (unpaired) electrons. The number of para-hydroxylation sites is 1. The lowest BCUT2D eigenvalue weighted by Crippen LogP contribution is -2.30. The molecule has 1 N–H and O–H groups in total. The number of anilines is 1. The molecule has 0 aliphatic carbocycles. The fraction of sp³-hybridized carbons (Fsp3) is 0.154. The Balaban J connectivity index is 1.59. The quantitative estimate of drug-likeness (QED) is 0.346. The average molecular weight is 476 g/mol. The first-order valence-electron chi connectivity index (χ1n) is 10.7. The van der Waals surface area contributed by atoms with Crippen molar-refractivity contribution in [3.63, 3.8) is 0 Å². The SMILES string of the molecule is CCOc1ccc(N2C(=O)C(O)=C(C(=O)c3cc4cccc(OC)c4o3)C2c2cccs2)cc1. The number of Topliss-reactive ketones (excluding diaryl/α,β-unsaturated/α-hetero) is 1. The Morgan fingerprint density at radius 2 is 1.94 bits per heavy atom. The van der Waals surface area contributed by atoms with Crippen LogP contribution in [0, 0.1) is 0 Å². The molecule has 1 unspecified atom stereocenters. The molecule has 2 aromatic carbocycles. The second-order valence-electron chi connectivity index (χ2n) is 7.60. The summed E-state index contributed by atoms with van der Waals surface area (Å²) < 4.78 is 16.7. The van der Waals surface area contributed by atoms with E-state index in [1.54, 1.807) is 48.5 Å². The van der Waals surface area contributed by atoms with Crippen molar-refractivity contribution >= 4 is 39.7 Å². The molecule has 34 heavy (non-hydrogen) atoms. The van der Waals surface area contributed by atoms with Gasteiger partial charge in [-0.3, -0.25) is 14.5 Å². The molecule has 8 heteroatoms. The van der Waals surface area contributed by atoms with Crippen LogP contribution < -0.4 is 14.4 Å². The highest BCUT2D eigenvalue weighted by molar-refractivity contribution is 7.10. The number of nitrogens with zero attached hydrogens (tertiary/aromatic N) is 1. The largest absolute Gasteiger partial charge is 0.503 e. The summed E-state index contributed by atoms with van der Waals surface area (Å²) >= 11 is 1.39. The molecule has 1 aliphatic rings. The van der Waals surface area contributed by atoms with Gasteiger partial charge in [0, 0.05) is 16.0 Å². The number of thiophene rings is 1. The van der Waals surface area contributed by atoms with Gasteiger partial charge in [0.1, 0.15) is 11.8 Å². The van der Waals surface area contributed by atoms with Crippen LogP contribution in [-0.4, -0.2) is 30.5 Å². The minimum absolute atomic E-state index is 0.0175. The zero-order valence-electron chi connectivity index (χ0n) is 18.5. The molecule has 0 spiro atoms. The number of amides is 1. The van der Waals surface area contributed by atoms with Gasteiger partial charge in [-0.25, -0.2) is 0 Å². The number of furan rings is 1. The van der Waals surface area contributed by atoms with Gasteiger partial charge in [0.2, 0.25) is 5.78 Å². The smallest absolute Gasteiger partial charge is 0.294 e. The number of rotatable bonds is 7. The number of fused-ring (bicyclic) bond motifs is 1. The van der Waals surface area contributed by atoms with Gasteiger partial charge in [0.05, 0.1) is 19.3 Å². The highest BCUT2D eigenvalue weighted by Crippen LogP contribution is 2.44. The number of carbonyl (C=O) groups excluding carboxylic acids is 2. The number of methoxy groups -OCH3 is 1. The van der Waals surface area contributed by atoms with E-state index in [4.69, 9.17) is 13.9 Å². The van der Waals surface area contributed by atoms with E-state index in [9.17, 15) is 14.7 Å². The maximum absolute atomic E-state index is 13.6. The van der Waals surface area contributed by atoms with Crippen LogP contribution in [0.15, 0.2) is 81.8 Å². The van der Waals surface area contributed by atoms with E-state index in [1.165, 1.54) is 23.3 Å². The van der Waals surface area contributed by atoms with Crippen molar-refractivity contribution in [2.75, 3.05) is 18.6 Å². The molecule has 5 rings (SSSR count). The van der Waals surface area contributed by atoms with Crippen LogP contribution in [0.25, 0.3) is 11.0 Å². The van der Waals surface area contributed by atoms with E-state index < -0.39 is 23.5 Å². The number of hydrogen-bond acceptors (Lipinski definition) is 7. The minimum atomic E-state index is -0.798. The van der Waals surface area contributed by atoms with Crippen molar-refractivity contribution < 1.29 is 28.6 Å². The number of ketones is 1. The Labute approximate surface area is 199 Å². The van der Waals surface area contributed by atoms with Gasteiger partial charge >= 0.3 is 0 Å². The standard InChI is InChI=1S/C26H21NO6S/c1-3-32-17-11-9-16(10-12-17)27-22(20-8-5-13-34-20)21(24(29)26(27)30)23(28)19-14-15-6-4-7-18(31-2)25(15)33-19/h4-14,22,29H,3H2,1-2H3. The fourth-order valence-corrected chi connectivity index (χ4v) is 4.95. The molecule has 172 valence electrons. The van der Waals surface area contributed by atoms with Crippen molar-refractivity contribution in [2.45, 2.75) is 13.0 Å². The second kappa shape index (κ2) is 8.72. The van der Waals surface area contributed by atoms with E-state index >= 15 is 0 Å². The lowest BCUT2D eigenvalue weighted by atomic mass is 10.00. The molecule has 0 saturated heterocycles. The Morgan fingerprint density at radius 1 is 1.15 bits per heavy atom. The zero-order valence-corrected chi connectivity index (χ0v) is 19.3. The van der Waals surface area contributed by atoms with E-state index in [0.717, 1.165) is 4.88 Å². The molecular weight excluding hydrogens is 454 g/mol. The van der Waals surface area contributed by atoms with Crippen molar-refractivity contribution in [2.24, 2.45) is 0 Å². The molecule has 0 bridgehead atoms. The highest BCUT2D eigenvalue weighted by atomic mass is 32.1. The summed E-state index contributed by atoms with van der Waals surface area (Å²) in [6, 6.07) is 16.8. The van der Waals surface area contributed by atoms with Crippen molar-refractivity contribution in [3.8, 4) is 11.5 Å². The number of hydrogen-bond donors (Lipinski definition) is 1. The molecule has 3 heterocycles. The van der Waals surface area contributed by atoms with Gasteiger partial charge in [-0.1, -0.05) is 18.2 Å². The van der Waals surface area contributed by atoms with Gasteiger partial charge < -0.3 is 19.0 Å². The molecular formula is C26H21NO6S. The molecule has 0 saturated carbocycles. The number of carbonyl (C=O) groups is 2. The maximum Gasteiger partial charge on any atom is 0.294 e. The summed E-state index contributed by atoms with van der Waals surface area (Å²) in [5.74, 6) is -0.637. The van der Waals surface area contributed by atoms with Crippen LogP contribution in [0.1, 0.15) is 28.4 Å². The summed E-state index contributed by atoms with van der Waals surface area (Å²) in [7, 11) is 1.52. The van der Waals surface area contributed by atoms with Gasteiger partial charge in [-0.05, 0) is 54.8 Å². The third kappa shape index (κ3) is 3.52. The van der Waals surface area contributed by atoms with Crippen molar-refractivity contribution in [1.29, 1.82) is 0 Å². The van der Waals surface area contributed by atoms with E-state index in [1.807, 2.05) is 24.4 Å². The lowest BCUT2D eigenvalue weighted by Gasteiger charge is -2.25. The summed E-state index contributed by atoms with van der Waals surface area (Å²) in [5.41, 5.74) is 0.931. The molecule has 1 amide bonds. The first-order chi connectivity index (χ1) is 16.5. The highest BCUT2D eigenvalue weighted by Gasteiger charge is 2.45. The Bertz CT molecular complexity index is 1400. The predicted octanol–water partition coefficient (Wildman–Crippen LogP) is 5.68. The average Bonchev–Trinajstić information content (AvgIpc) is 3.58. The summed E-state index contributed by atoms with van der Waals surface area (Å²) in [6.07, 6.45) is 0. The Kier molecular flexibility index (Phi) is 5.59. The number of benzene rings is 2. The third-order valence-corrected chi connectivity index (χ3v) is 6.57. The van der Waals surface area contributed by atoms with E-state index in [2.05, 4.69) is 0 Å². The number of aliphatic hydroxyl groups is 1. The first kappa shape index (κ1) is 21.8. The van der Waals surface area contributed by atoms with Crippen molar-refractivity contribution in [3.05, 3.63) is 88.0 Å². The normalized spacial score (nSPS) is 15.9. The predicted molar refractivity (Wildman–Crippen MR) is 129 cm³/mol. The number of aliphatic hydroxyl groups excluding tert-OH is 1. The molecule has 0 fully saturated rings. The fourth-order valence-electron chi connectivity index (χ4n) is 4.13. The summed E-state index contributed by atoms with van der Waals surface area (Å²) in [4.78, 5) is 29.0. The van der Waals surface area contributed by atoms with Gasteiger partial charge in [0.25, 0.3) is 5.91 Å². The van der Waals surface area contributed by atoms with Gasteiger partial charge in [0.15, 0.2) is 22.9 Å². The second-order valence-corrected chi connectivity index (χ2v) is 8.58. The van der Waals surface area contributed by atoms with Crippen LogP contribution in [0.2, 0.25) is 0 Å². The van der Waals surface area contributed by atoms with E-state index in [0.29, 0.717) is 34.8 Å². The lowest BCUT2D eigenvalue weighted by molar-refractivity contribution is -0.117. The maximum atomic E-state index is 13.6. The first-order valence-corrected chi connectivity index (χ1v) is 11.6. The molecule has 1 atom stereocenters. The van der Waals surface area contributed by atoms with E-state index in [-0.39, 0.29) is 11.3 Å².